The van der Waals surface area contributed by atoms with Gasteiger partial charge in [0.15, 0.2) is 9.84 Å². The van der Waals surface area contributed by atoms with Gasteiger partial charge in [0.25, 0.3) is 0 Å². The van der Waals surface area contributed by atoms with Crippen molar-refractivity contribution in [2.45, 2.75) is 36.8 Å². The molecule has 0 unspecified atom stereocenters. The van der Waals surface area contributed by atoms with Crippen LogP contribution in [0, 0.1) is 0 Å². The van der Waals surface area contributed by atoms with Gasteiger partial charge in [0.05, 0.1) is 16.8 Å². The molecule has 1 aromatic carbocycles. The summed E-state index contributed by atoms with van der Waals surface area (Å²) in [7, 11) is -2.95. The van der Waals surface area contributed by atoms with Crippen molar-refractivity contribution in [3.8, 4) is 0 Å². The first-order valence-corrected chi connectivity index (χ1v) is 9.85. The molecule has 1 saturated heterocycles. The zero-order valence-corrected chi connectivity index (χ0v) is 13.9. The summed E-state index contributed by atoms with van der Waals surface area (Å²) in [6.45, 7) is 3.94. The Kier molecular flexibility index (Phi) is 5.32. The van der Waals surface area contributed by atoms with Gasteiger partial charge in [-0.2, -0.15) is 0 Å². The summed E-state index contributed by atoms with van der Waals surface area (Å²) in [4.78, 5) is 12.2. The molecular formula is C15H21NO3S2. The molecule has 116 valence electrons. The normalized spacial score (nSPS) is 23.4. The monoisotopic (exact) mass is 327 g/mol. The second-order valence-corrected chi connectivity index (χ2v) is 9.35. The number of carbonyl (C=O) groups is 1. The van der Waals surface area contributed by atoms with Crippen LogP contribution in [0.2, 0.25) is 0 Å². The molecule has 1 aromatic rings. The minimum Gasteiger partial charge on any atom is -0.351 e. The van der Waals surface area contributed by atoms with E-state index in [2.05, 4.69) is 12.2 Å². The highest BCUT2D eigenvalue weighted by molar-refractivity contribution is 8.00. The van der Waals surface area contributed by atoms with Gasteiger partial charge < -0.3 is 5.32 Å². The Hall–Kier alpha value is -1.01. The number of benzene rings is 1. The van der Waals surface area contributed by atoms with E-state index in [1.165, 1.54) is 5.56 Å². The molecule has 0 spiro atoms. The third kappa shape index (κ3) is 4.74. The Labute approximate surface area is 130 Å². The highest BCUT2D eigenvalue weighted by Crippen LogP contribution is 2.31. The zero-order valence-electron chi connectivity index (χ0n) is 12.3. The van der Waals surface area contributed by atoms with E-state index in [4.69, 9.17) is 0 Å². The van der Waals surface area contributed by atoms with E-state index >= 15 is 0 Å². The second-order valence-electron chi connectivity index (χ2n) is 5.44. The van der Waals surface area contributed by atoms with Crippen LogP contribution in [-0.4, -0.2) is 37.1 Å². The lowest BCUT2D eigenvalue weighted by Gasteiger charge is -2.19. The third-order valence-electron chi connectivity index (χ3n) is 3.63. The first-order chi connectivity index (χ1) is 9.87. The number of amides is 1. The van der Waals surface area contributed by atoms with Crippen LogP contribution in [-0.2, 0) is 14.6 Å². The van der Waals surface area contributed by atoms with Crippen molar-refractivity contribution in [1.29, 1.82) is 0 Å². The number of nitrogens with one attached hydrogen (secondary N) is 1. The molecule has 0 aromatic heterocycles. The standard InChI is InChI=1S/C15H21NO3S2/c1-11(13-6-4-3-5-7-13)20-12(2)15(17)16-14-8-9-21(18,19)10-14/h3-7,11-12,14H,8-10H2,1-2H3,(H,16,17)/t11-,12-,14+/m0/s1. The van der Waals surface area contributed by atoms with E-state index in [9.17, 15) is 13.2 Å². The van der Waals surface area contributed by atoms with E-state index in [0.717, 1.165) is 0 Å². The van der Waals surface area contributed by atoms with Crippen molar-refractivity contribution in [3.05, 3.63) is 35.9 Å². The molecule has 3 atom stereocenters. The zero-order chi connectivity index (χ0) is 15.5. The Bertz CT molecular complexity index is 586. The van der Waals surface area contributed by atoms with Crippen LogP contribution in [0.15, 0.2) is 30.3 Å². The minimum atomic E-state index is -2.95. The lowest BCUT2D eigenvalue weighted by Crippen LogP contribution is -2.40. The Morgan fingerprint density at radius 3 is 2.52 bits per heavy atom. The maximum atomic E-state index is 12.2. The van der Waals surface area contributed by atoms with E-state index in [-0.39, 0.29) is 34.0 Å². The predicted octanol–water partition coefficient (Wildman–Crippen LogP) is 2.17. The van der Waals surface area contributed by atoms with Crippen LogP contribution < -0.4 is 5.32 Å². The molecule has 1 heterocycles. The largest absolute Gasteiger partial charge is 0.351 e. The number of carbonyl (C=O) groups excluding carboxylic acids is 1. The van der Waals surface area contributed by atoms with Crippen LogP contribution >= 0.6 is 11.8 Å². The van der Waals surface area contributed by atoms with Crippen molar-refractivity contribution in [2.24, 2.45) is 0 Å². The fourth-order valence-corrected chi connectivity index (χ4v) is 5.19. The van der Waals surface area contributed by atoms with Gasteiger partial charge in [-0.3, -0.25) is 4.79 Å². The van der Waals surface area contributed by atoms with Crippen LogP contribution in [0.3, 0.4) is 0 Å². The minimum absolute atomic E-state index is 0.0738. The van der Waals surface area contributed by atoms with Gasteiger partial charge in [-0.1, -0.05) is 30.3 Å². The second kappa shape index (κ2) is 6.83. The molecule has 1 aliphatic heterocycles. The first kappa shape index (κ1) is 16.4. The van der Waals surface area contributed by atoms with Crippen LogP contribution in [0.1, 0.15) is 31.1 Å². The van der Waals surface area contributed by atoms with Crippen molar-refractivity contribution in [1.82, 2.24) is 5.32 Å². The molecule has 1 amide bonds. The highest BCUT2D eigenvalue weighted by Gasteiger charge is 2.30. The molecule has 0 bridgehead atoms. The fourth-order valence-electron chi connectivity index (χ4n) is 2.40. The molecule has 2 rings (SSSR count). The van der Waals surface area contributed by atoms with Crippen LogP contribution in [0.25, 0.3) is 0 Å². The SMILES string of the molecule is C[C@H](S[C@@H](C)c1ccccc1)C(=O)N[C@@H]1CCS(=O)(=O)C1. The summed E-state index contributed by atoms with van der Waals surface area (Å²) < 4.78 is 22.8. The molecule has 1 fully saturated rings. The average molecular weight is 327 g/mol. The van der Waals surface area contributed by atoms with Crippen LogP contribution in [0.4, 0.5) is 0 Å². The molecule has 1 aliphatic rings. The lowest BCUT2D eigenvalue weighted by molar-refractivity contribution is -0.120. The summed E-state index contributed by atoms with van der Waals surface area (Å²) in [5, 5.41) is 2.87. The number of thioether (sulfide) groups is 1. The van der Waals surface area contributed by atoms with Crippen LogP contribution in [0.5, 0.6) is 0 Å². The molecule has 0 aliphatic carbocycles. The Balaban J connectivity index is 1.85. The van der Waals surface area contributed by atoms with E-state index in [1.807, 2.05) is 37.3 Å². The van der Waals surface area contributed by atoms with Gasteiger partial charge in [0, 0.05) is 11.3 Å². The van der Waals surface area contributed by atoms with Gasteiger partial charge in [-0.25, -0.2) is 8.42 Å². The summed E-state index contributed by atoms with van der Waals surface area (Å²) in [6.07, 6.45) is 0.527. The van der Waals surface area contributed by atoms with Gasteiger partial charge in [-0.05, 0) is 25.8 Å². The van der Waals surface area contributed by atoms with E-state index in [1.54, 1.807) is 11.8 Å². The summed E-state index contributed by atoms with van der Waals surface area (Å²) in [6, 6.07) is 9.81. The molecular weight excluding hydrogens is 306 g/mol. The van der Waals surface area contributed by atoms with Crippen molar-refractivity contribution in [2.75, 3.05) is 11.5 Å². The van der Waals surface area contributed by atoms with Crippen molar-refractivity contribution in [3.63, 3.8) is 0 Å². The van der Waals surface area contributed by atoms with Gasteiger partial charge >= 0.3 is 0 Å². The molecule has 21 heavy (non-hydrogen) atoms. The van der Waals surface area contributed by atoms with Gasteiger partial charge in [-0.15, -0.1) is 11.8 Å². The highest BCUT2D eigenvalue weighted by atomic mass is 32.2. The fraction of sp³-hybridized carbons (Fsp3) is 0.533. The molecule has 0 saturated carbocycles. The molecule has 0 radical (unpaired) electrons. The number of hydrogen-bond acceptors (Lipinski definition) is 4. The lowest BCUT2D eigenvalue weighted by atomic mass is 10.2. The van der Waals surface area contributed by atoms with Gasteiger partial charge in [0.1, 0.15) is 0 Å². The summed E-state index contributed by atoms with van der Waals surface area (Å²) in [5.41, 5.74) is 1.19. The Morgan fingerprint density at radius 1 is 1.29 bits per heavy atom. The average Bonchev–Trinajstić information content (AvgIpc) is 2.78. The third-order valence-corrected chi connectivity index (χ3v) is 6.70. The molecule has 4 nitrogen and oxygen atoms in total. The predicted molar refractivity (Wildman–Crippen MR) is 87.1 cm³/mol. The summed E-state index contributed by atoms with van der Waals surface area (Å²) >= 11 is 1.58. The summed E-state index contributed by atoms with van der Waals surface area (Å²) in [5.74, 6) is 0.175. The smallest absolute Gasteiger partial charge is 0.233 e. The quantitative estimate of drug-likeness (QED) is 0.900. The maximum absolute atomic E-state index is 12.2. The Morgan fingerprint density at radius 2 is 1.95 bits per heavy atom. The van der Waals surface area contributed by atoms with E-state index < -0.39 is 9.84 Å². The molecule has 1 N–H and O–H groups in total. The number of sulfone groups is 1. The number of hydrogen-bond donors (Lipinski definition) is 1. The van der Waals surface area contributed by atoms with Crippen molar-refractivity contribution < 1.29 is 13.2 Å². The topological polar surface area (TPSA) is 63.2 Å². The van der Waals surface area contributed by atoms with E-state index in [0.29, 0.717) is 6.42 Å². The molecule has 6 heteroatoms. The number of rotatable bonds is 5. The van der Waals surface area contributed by atoms with Crippen molar-refractivity contribution >= 4 is 27.5 Å². The first-order valence-electron chi connectivity index (χ1n) is 7.08. The maximum Gasteiger partial charge on any atom is 0.233 e. The van der Waals surface area contributed by atoms with Gasteiger partial charge in [0.2, 0.25) is 5.91 Å².